The Kier molecular flexibility index (Phi) is 5.35. The van der Waals surface area contributed by atoms with Crippen LogP contribution in [-0.2, 0) is 11.2 Å². The highest BCUT2D eigenvalue weighted by molar-refractivity contribution is 5.81. The first kappa shape index (κ1) is 19.8. The molecule has 7 nitrogen and oxygen atoms in total. The van der Waals surface area contributed by atoms with E-state index >= 15 is 0 Å². The first-order chi connectivity index (χ1) is 14.5. The smallest absolute Gasteiger partial charge is 0.261 e. The number of nitrogens with one attached hydrogen (secondary N) is 1. The van der Waals surface area contributed by atoms with Gasteiger partial charge in [0.1, 0.15) is 11.9 Å². The lowest BCUT2D eigenvalue weighted by Gasteiger charge is -2.16. The van der Waals surface area contributed by atoms with Crippen LogP contribution < -0.4 is 10.9 Å². The molecule has 0 unspecified atom stereocenters. The van der Waals surface area contributed by atoms with Crippen molar-refractivity contribution in [1.82, 2.24) is 24.4 Å². The molecule has 1 N–H and O–H groups in total. The number of amides is 1. The quantitative estimate of drug-likeness (QED) is 0.536. The molecule has 1 atom stereocenters. The summed E-state index contributed by atoms with van der Waals surface area (Å²) in [4.78, 5) is 34.4. The molecular formula is C23H25N5O2. The Morgan fingerprint density at radius 3 is 2.50 bits per heavy atom. The van der Waals surface area contributed by atoms with E-state index in [-0.39, 0.29) is 17.5 Å². The fourth-order valence-corrected chi connectivity index (χ4v) is 3.78. The molecule has 0 aliphatic rings. The van der Waals surface area contributed by atoms with E-state index in [0.717, 1.165) is 16.9 Å². The fourth-order valence-electron chi connectivity index (χ4n) is 3.78. The topological polar surface area (TPSA) is 81.8 Å². The molecule has 0 saturated carbocycles. The van der Waals surface area contributed by atoms with Crippen LogP contribution in [0.1, 0.15) is 38.7 Å². The molecule has 0 radical (unpaired) electrons. The van der Waals surface area contributed by atoms with Gasteiger partial charge in [0.15, 0.2) is 0 Å². The summed E-state index contributed by atoms with van der Waals surface area (Å²) >= 11 is 0. The number of benzene rings is 2. The van der Waals surface area contributed by atoms with Crippen molar-refractivity contribution in [3.05, 3.63) is 71.0 Å². The minimum absolute atomic E-state index is 0.218. The molecule has 7 heteroatoms. The highest BCUT2D eigenvalue weighted by Gasteiger charge is 2.18. The van der Waals surface area contributed by atoms with Crippen LogP contribution in [0.15, 0.2) is 59.7 Å². The molecule has 0 aliphatic carbocycles. The summed E-state index contributed by atoms with van der Waals surface area (Å²) < 4.78 is 3.57. The third-order valence-corrected chi connectivity index (χ3v) is 5.32. The fraction of sp³-hybridized carbons (Fsp3) is 0.304. The number of fused-ring (bicyclic) bond motifs is 2. The van der Waals surface area contributed by atoms with Gasteiger partial charge in [-0.15, -0.1) is 0 Å². The lowest BCUT2D eigenvalue weighted by atomic mass is 10.2. The van der Waals surface area contributed by atoms with E-state index in [1.807, 2.05) is 24.3 Å². The number of hydrogen-bond donors (Lipinski definition) is 1. The van der Waals surface area contributed by atoms with Crippen LogP contribution in [0.2, 0.25) is 0 Å². The molecule has 0 spiro atoms. The van der Waals surface area contributed by atoms with Crippen LogP contribution in [-0.4, -0.2) is 31.6 Å². The second-order valence-corrected chi connectivity index (χ2v) is 7.67. The van der Waals surface area contributed by atoms with Gasteiger partial charge < -0.3 is 9.88 Å². The first-order valence-electron chi connectivity index (χ1n) is 10.2. The summed E-state index contributed by atoms with van der Waals surface area (Å²) in [6.07, 6.45) is 2.04. The van der Waals surface area contributed by atoms with E-state index in [4.69, 9.17) is 4.98 Å². The van der Waals surface area contributed by atoms with E-state index in [9.17, 15) is 9.59 Å². The zero-order valence-electron chi connectivity index (χ0n) is 17.4. The average Bonchev–Trinajstić information content (AvgIpc) is 3.12. The predicted octanol–water partition coefficient (Wildman–Crippen LogP) is 3.25. The lowest BCUT2D eigenvalue weighted by Crippen LogP contribution is -2.37. The Labute approximate surface area is 174 Å². The minimum atomic E-state index is -0.654. The highest BCUT2D eigenvalue weighted by Crippen LogP contribution is 2.21. The molecule has 2 aromatic heterocycles. The van der Waals surface area contributed by atoms with Crippen LogP contribution in [0.5, 0.6) is 0 Å². The van der Waals surface area contributed by atoms with Gasteiger partial charge in [-0.3, -0.25) is 14.2 Å². The molecule has 1 amide bonds. The monoisotopic (exact) mass is 403 g/mol. The molecule has 0 bridgehead atoms. The summed E-state index contributed by atoms with van der Waals surface area (Å²) in [6.45, 7) is 6.39. The van der Waals surface area contributed by atoms with Crippen molar-refractivity contribution in [1.29, 1.82) is 0 Å². The molecule has 30 heavy (non-hydrogen) atoms. The Hall–Kier alpha value is -3.48. The van der Waals surface area contributed by atoms with Gasteiger partial charge in [-0.05, 0) is 45.0 Å². The van der Waals surface area contributed by atoms with Gasteiger partial charge in [0.05, 0.1) is 28.3 Å². The van der Waals surface area contributed by atoms with Crippen LogP contribution in [0.3, 0.4) is 0 Å². The third kappa shape index (κ3) is 3.58. The molecule has 0 fully saturated rings. The van der Waals surface area contributed by atoms with Gasteiger partial charge in [0.2, 0.25) is 5.91 Å². The van der Waals surface area contributed by atoms with E-state index in [2.05, 4.69) is 34.8 Å². The molecule has 0 saturated heterocycles. The Morgan fingerprint density at radius 1 is 1.03 bits per heavy atom. The second kappa shape index (κ2) is 8.10. The number of rotatable bonds is 6. The maximum atomic E-state index is 12.7. The Morgan fingerprint density at radius 2 is 1.73 bits per heavy atom. The van der Waals surface area contributed by atoms with Gasteiger partial charge in [-0.1, -0.05) is 24.3 Å². The molecule has 154 valence electrons. The number of hydrogen-bond acceptors (Lipinski definition) is 4. The minimum Gasteiger partial charge on any atom is -0.354 e. The van der Waals surface area contributed by atoms with E-state index < -0.39 is 6.04 Å². The normalized spacial score (nSPS) is 12.5. The number of nitrogens with zero attached hydrogens (tertiary/aromatic N) is 4. The summed E-state index contributed by atoms with van der Waals surface area (Å²) in [5.74, 6) is 0.713. The molecule has 2 aromatic carbocycles. The second-order valence-electron chi connectivity index (χ2n) is 7.67. The van der Waals surface area contributed by atoms with E-state index in [1.165, 1.54) is 10.9 Å². The maximum absolute atomic E-state index is 12.7. The van der Waals surface area contributed by atoms with Crippen molar-refractivity contribution >= 4 is 27.8 Å². The number of aromatic nitrogens is 4. The van der Waals surface area contributed by atoms with Crippen molar-refractivity contribution in [2.75, 3.05) is 6.54 Å². The van der Waals surface area contributed by atoms with Crippen molar-refractivity contribution in [2.24, 2.45) is 0 Å². The third-order valence-electron chi connectivity index (χ3n) is 5.32. The van der Waals surface area contributed by atoms with Gasteiger partial charge in [-0.25, -0.2) is 9.97 Å². The van der Waals surface area contributed by atoms with E-state index in [1.54, 1.807) is 25.1 Å². The molecule has 0 aliphatic heterocycles. The van der Waals surface area contributed by atoms with Crippen molar-refractivity contribution in [3.63, 3.8) is 0 Å². The predicted molar refractivity (Wildman–Crippen MR) is 118 cm³/mol. The van der Waals surface area contributed by atoms with Crippen LogP contribution >= 0.6 is 0 Å². The van der Waals surface area contributed by atoms with Crippen molar-refractivity contribution < 1.29 is 4.79 Å². The zero-order chi connectivity index (χ0) is 21.3. The molecule has 4 rings (SSSR count). The van der Waals surface area contributed by atoms with Crippen molar-refractivity contribution in [3.8, 4) is 0 Å². The van der Waals surface area contributed by atoms with Crippen LogP contribution in [0, 0.1) is 0 Å². The average molecular weight is 403 g/mol. The van der Waals surface area contributed by atoms with E-state index in [0.29, 0.717) is 23.9 Å². The number of para-hydroxylation sites is 3. The van der Waals surface area contributed by atoms with Crippen LogP contribution in [0.25, 0.3) is 21.9 Å². The summed E-state index contributed by atoms with van der Waals surface area (Å²) in [5, 5.41) is 3.44. The van der Waals surface area contributed by atoms with Gasteiger partial charge in [0, 0.05) is 19.0 Å². The maximum Gasteiger partial charge on any atom is 0.261 e. The van der Waals surface area contributed by atoms with Crippen LogP contribution in [0.4, 0.5) is 0 Å². The molecule has 4 aromatic rings. The lowest BCUT2D eigenvalue weighted by molar-refractivity contribution is -0.123. The number of imidazole rings is 1. The number of carbonyl (C=O) groups is 1. The largest absolute Gasteiger partial charge is 0.354 e. The highest BCUT2D eigenvalue weighted by atomic mass is 16.2. The molecule has 2 heterocycles. The van der Waals surface area contributed by atoms with Crippen molar-refractivity contribution in [2.45, 2.75) is 39.3 Å². The van der Waals surface area contributed by atoms with Gasteiger partial charge in [0.25, 0.3) is 5.56 Å². The summed E-state index contributed by atoms with van der Waals surface area (Å²) in [6, 6.07) is 14.8. The Balaban J connectivity index is 1.48. The van der Waals surface area contributed by atoms with Gasteiger partial charge in [-0.2, -0.15) is 0 Å². The standard InChI is InChI=1S/C23H25N5O2/c1-15(2)28-20-11-7-6-10-19(20)26-21(28)12-13-24-22(29)16(3)27-14-25-18-9-5-4-8-17(18)23(27)30/h4-11,14-16H,12-13H2,1-3H3,(H,24,29)/t16-/m1/s1. The Bertz CT molecular complexity index is 1270. The molecular weight excluding hydrogens is 378 g/mol. The van der Waals surface area contributed by atoms with Gasteiger partial charge >= 0.3 is 0 Å². The summed E-state index contributed by atoms with van der Waals surface area (Å²) in [5.41, 5.74) is 2.45. The zero-order valence-corrected chi connectivity index (χ0v) is 17.4. The SMILES string of the molecule is CC(C)n1c(CCNC(=O)[C@@H](C)n2cnc3ccccc3c2=O)nc2ccccc21. The first-order valence-corrected chi connectivity index (χ1v) is 10.2. The number of carbonyl (C=O) groups excluding carboxylic acids is 1. The summed E-state index contributed by atoms with van der Waals surface area (Å²) in [7, 11) is 0.